The van der Waals surface area contributed by atoms with Crippen LogP contribution in [-0.4, -0.2) is 113 Å². The fourth-order valence-electron chi connectivity index (χ4n) is 10.3. The van der Waals surface area contributed by atoms with Gasteiger partial charge in [0.05, 0.1) is 42.2 Å². The molecule has 13 nitrogen and oxygen atoms in total. The number of hydrogen-bond acceptors (Lipinski definition) is 12. The predicted molar refractivity (Wildman–Crippen MR) is 194 cm³/mol. The number of allylic oxidation sites excluding steroid dienone is 4. The number of hydrogen-bond donors (Lipinski definition) is 0. The molecule has 0 amide bonds. The number of carbonyl (C=O) groups is 2. The molecule has 13 heteroatoms. The van der Waals surface area contributed by atoms with Crippen molar-refractivity contribution < 1.29 is 47.5 Å². The zero-order valence-corrected chi connectivity index (χ0v) is 32.8. The first kappa shape index (κ1) is 40.4. The smallest absolute Gasteiger partial charge is 0.306 e. The number of rotatable bonds is 10. The van der Waals surface area contributed by atoms with Gasteiger partial charge in [0.15, 0.2) is 18.4 Å². The summed E-state index contributed by atoms with van der Waals surface area (Å²) in [4.78, 5) is 39.3. The van der Waals surface area contributed by atoms with Crippen LogP contribution in [0.4, 0.5) is 0 Å². The largest absolute Gasteiger partial charge is 0.462 e. The van der Waals surface area contributed by atoms with E-state index >= 15 is 0 Å². The molecule has 6 aliphatic rings. The van der Waals surface area contributed by atoms with Gasteiger partial charge >= 0.3 is 5.97 Å². The van der Waals surface area contributed by atoms with E-state index < -0.39 is 24.6 Å². The lowest BCUT2D eigenvalue weighted by Gasteiger charge is -2.44. The number of esters is 1. The lowest BCUT2D eigenvalue weighted by atomic mass is 9.70. The van der Waals surface area contributed by atoms with E-state index in [4.69, 9.17) is 37.9 Å². The summed E-state index contributed by atoms with van der Waals surface area (Å²) >= 11 is 0. The van der Waals surface area contributed by atoms with Gasteiger partial charge < -0.3 is 37.9 Å². The van der Waals surface area contributed by atoms with Crippen LogP contribution in [0.25, 0.3) is 0 Å². The van der Waals surface area contributed by atoms with Crippen LogP contribution in [0.2, 0.25) is 0 Å². The van der Waals surface area contributed by atoms with Gasteiger partial charge in [-0.15, -0.1) is 4.91 Å². The minimum atomic E-state index is -0.613. The summed E-state index contributed by atoms with van der Waals surface area (Å²) in [5.41, 5.74) is 0.718. The second-order valence-electron chi connectivity index (χ2n) is 16.2. The second-order valence-corrected chi connectivity index (χ2v) is 16.2. The number of methoxy groups -OCH3 is 3. The molecular formula is C40H62N2O11. The third kappa shape index (κ3) is 8.46. The Balaban J connectivity index is 1.20. The average Bonchev–Trinajstić information content (AvgIpc) is 3.73. The molecule has 0 radical (unpaired) electrons. The van der Waals surface area contributed by atoms with Crippen molar-refractivity contribution in [2.45, 2.75) is 153 Å². The maximum Gasteiger partial charge on any atom is 0.306 e. The van der Waals surface area contributed by atoms with Crippen LogP contribution < -0.4 is 0 Å². The summed E-state index contributed by atoms with van der Waals surface area (Å²) in [7, 11) is 6.60. The summed E-state index contributed by atoms with van der Waals surface area (Å²) in [6.07, 6.45) is 9.31. The number of Topliss-reactive ketones (excluding diaryl/α,β-unsaturated/α-hetero) is 1. The maximum atomic E-state index is 14.6. The minimum Gasteiger partial charge on any atom is -0.462 e. The molecular weight excluding hydrogens is 684 g/mol. The molecule has 0 spiro atoms. The Morgan fingerprint density at radius 2 is 1.62 bits per heavy atom. The van der Waals surface area contributed by atoms with Gasteiger partial charge in [-0.1, -0.05) is 32.1 Å². The van der Waals surface area contributed by atoms with Crippen molar-refractivity contribution >= 4 is 11.8 Å². The van der Waals surface area contributed by atoms with E-state index in [2.05, 4.69) is 23.5 Å². The average molecular weight is 747 g/mol. The number of nitroso groups, excluding NO2 is 1. The van der Waals surface area contributed by atoms with Crippen LogP contribution in [0.15, 0.2) is 29.1 Å². The van der Waals surface area contributed by atoms with Crippen LogP contribution >= 0.6 is 0 Å². The van der Waals surface area contributed by atoms with Gasteiger partial charge in [0.1, 0.15) is 24.4 Å². The summed E-state index contributed by atoms with van der Waals surface area (Å²) in [5, 5.41) is 4.49. The first-order valence-corrected chi connectivity index (χ1v) is 19.9. The van der Waals surface area contributed by atoms with Gasteiger partial charge in [0.2, 0.25) is 0 Å². The monoisotopic (exact) mass is 746 g/mol. The quantitative estimate of drug-likeness (QED) is 0.120. The van der Waals surface area contributed by atoms with E-state index in [-0.39, 0.29) is 96.5 Å². The normalized spacial score (nSPS) is 44.8. The first-order valence-electron chi connectivity index (χ1n) is 19.9. The third-order valence-electron chi connectivity index (χ3n) is 13.2. The van der Waals surface area contributed by atoms with Crippen molar-refractivity contribution in [1.29, 1.82) is 0 Å². The maximum absolute atomic E-state index is 14.6. The molecule has 3 aliphatic carbocycles. The van der Waals surface area contributed by atoms with E-state index in [1.807, 2.05) is 27.7 Å². The lowest BCUT2D eigenvalue weighted by molar-refractivity contribution is -0.314. The van der Waals surface area contributed by atoms with Crippen LogP contribution in [-0.2, 0) is 47.5 Å². The highest BCUT2D eigenvalue weighted by Crippen LogP contribution is 2.54. The highest BCUT2D eigenvalue weighted by atomic mass is 16.7. The van der Waals surface area contributed by atoms with Gasteiger partial charge in [0, 0.05) is 46.6 Å². The molecule has 298 valence electrons. The Hall–Kier alpha value is -2.26. The molecule has 6 rings (SSSR count). The number of ether oxygens (including phenoxy) is 8. The van der Waals surface area contributed by atoms with E-state index in [1.54, 1.807) is 28.4 Å². The second kappa shape index (κ2) is 17.7. The molecule has 5 unspecified atom stereocenters. The first-order chi connectivity index (χ1) is 25.5. The Bertz CT molecular complexity index is 1340. The molecule has 0 bridgehead atoms. The number of ketones is 1. The van der Waals surface area contributed by atoms with Gasteiger partial charge in [-0.25, -0.2) is 0 Å². The van der Waals surface area contributed by atoms with E-state index in [0.29, 0.717) is 25.7 Å². The Morgan fingerprint density at radius 3 is 2.30 bits per heavy atom. The topological polar surface area (TPSA) is 141 Å². The number of cyclic esters (lactones) is 1. The summed E-state index contributed by atoms with van der Waals surface area (Å²) in [6, 6.07) is -0.127. The standard InChI is InChI=1S/C40H62N2O11/c1-9-25-11-10-12-33(53-35-16-15-32(22(3)49-35)42(5)41-45)21(2)36(44)31-19-29-27(30(31)20-34(43)51-25)14-13-24-17-26(18-28(24)29)52-40-39(48-8)38(47-7)37(46-6)23(4)50-40/h13-14,19,21-30,32-33,35,37-40H,9-12,15-18,20H2,1-8H3/t21-,22-,23-,24?,25+,26-,27?,28?,29?,30?,32+,33+,35+,37-,38+,39+,40-/m1/s1. The molecule has 3 saturated heterocycles. The molecule has 4 fully saturated rings. The van der Waals surface area contributed by atoms with Crippen molar-refractivity contribution in [2.24, 2.45) is 40.8 Å². The number of fused-ring (bicyclic) bond motifs is 5. The van der Waals surface area contributed by atoms with Gasteiger partial charge in [-0.2, -0.15) is 0 Å². The van der Waals surface area contributed by atoms with E-state index in [0.717, 1.165) is 31.3 Å². The molecule has 0 N–H and O–H groups in total. The molecule has 3 aliphatic heterocycles. The van der Waals surface area contributed by atoms with Crippen LogP contribution in [0.1, 0.15) is 85.5 Å². The third-order valence-corrected chi connectivity index (χ3v) is 13.2. The predicted octanol–water partition coefficient (Wildman–Crippen LogP) is 5.54. The van der Waals surface area contributed by atoms with Crippen molar-refractivity contribution in [2.75, 3.05) is 28.4 Å². The SMILES string of the molecule is CC[C@H]1CCC[C@H](O[C@H]2CC[C@H](N(C)N=O)[C@@H](C)O2)[C@@H](C)C(=O)C2=CC3C(C=CC4C[C@@H](O[C@H]5O[C@H](C)[C@@H](OC)[C@H](OC)[C@@H]5OC)CC43)C2CC(=O)O1. The molecule has 0 aromatic carbocycles. The van der Waals surface area contributed by atoms with Crippen molar-refractivity contribution in [1.82, 2.24) is 5.01 Å². The van der Waals surface area contributed by atoms with Crippen LogP contribution in [0.3, 0.4) is 0 Å². The number of carbonyl (C=O) groups excluding carboxylic acids is 2. The Morgan fingerprint density at radius 1 is 0.868 bits per heavy atom. The lowest BCUT2D eigenvalue weighted by Crippen LogP contribution is -2.59. The Labute approximate surface area is 314 Å². The number of likely N-dealkylation sites (N-methyl/N-ethyl adjacent to an activating group) is 1. The van der Waals surface area contributed by atoms with Crippen molar-refractivity contribution in [3.63, 3.8) is 0 Å². The zero-order chi connectivity index (χ0) is 38.0. The molecule has 1 saturated carbocycles. The highest BCUT2D eigenvalue weighted by molar-refractivity contribution is 5.99. The van der Waals surface area contributed by atoms with Gasteiger partial charge in [-0.05, 0) is 88.0 Å². The van der Waals surface area contributed by atoms with Crippen molar-refractivity contribution in [3.8, 4) is 0 Å². The van der Waals surface area contributed by atoms with E-state index in [1.165, 1.54) is 5.01 Å². The summed E-state index contributed by atoms with van der Waals surface area (Å²) in [6.45, 7) is 7.90. The fraction of sp³-hybridized carbons (Fsp3) is 0.850. The molecule has 0 aromatic heterocycles. The Kier molecular flexibility index (Phi) is 13.5. The zero-order valence-electron chi connectivity index (χ0n) is 32.8. The fourth-order valence-corrected chi connectivity index (χ4v) is 10.3. The molecule has 3 heterocycles. The van der Waals surface area contributed by atoms with Crippen LogP contribution in [0, 0.1) is 40.4 Å². The summed E-state index contributed by atoms with van der Waals surface area (Å²) in [5.74, 6) is -0.299. The highest BCUT2D eigenvalue weighted by Gasteiger charge is 2.52. The van der Waals surface area contributed by atoms with Gasteiger partial charge in [0.25, 0.3) is 0 Å². The van der Waals surface area contributed by atoms with E-state index in [9.17, 15) is 14.5 Å². The minimum absolute atomic E-state index is 0.0111. The molecule has 53 heavy (non-hydrogen) atoms. The molecule has 17 atom stereocenters. The van der Waals surface area contributed by atoms with Gasteiger partial charge in [-0.3, -0.25) is 14.6 Å². The van der Waals surface area contributed by atoms with Crippen molar-refractivity contribution in [3.05, 3.63) is 28.7 Å². The summed E-state index contributed by atoms with van der Waals surface area (Å²) < 4.78 is 49.3. The number of nitrogens with zero attached hydrogens (tertiary/aromatic N) is 2. The molecule has 0 aromatic rings. The van der Waals surface area contributed by atoms with Crippen LogP contribution in [0.5, 0.6) is 0 Å².